The van der Waals surface area contributed by atoms with E-state index in [1.165, 1.54) is 25.7 Å². The van der Waals surface area contributed by atoms with Crippen molar-refractivity contribution >= 4 is 22.7 Å². The summed E-state index contributed by atoms with van der Waals surface area (Å²) >= 11 is 3.36. The second-order valence-corrected chi connectivity index (χ2v) is 8.80. The van der Waals surface area contributed by atoms with E-state index in [-0.39, 0.29) is 0 Å². The maximum atomic E-state index is 11.6. The van der Waals surface area contributed by atoms with Crippen molar-refractivity contribution < 1.29 is 5.11 Å². The van der Waals surface area contributed by atoms with Crippen molar-refractivity contribution in [3.8, 4) is 0 Å². The number of nitrogens with zero attached hydrogens (tertiary/aromatic N) is 1. The van der Waals surface area contributed by atoms with Gasteiger partial charge in [0.2, 0.25) is 0 Å². The second-order valence-electron chi connectivity index (χ2n) is 6.91. The molecule has 2 unspecified atom stereocenters. The first-order valence-electron chi connectivity index (χ1n) is 8.19. The highest BCUT2D eigenvalue weighted by Gasteiger charge is 2.43. The zero-order valence-corrected chi connectivity index (χ0v) is 14.6. The molecule has 2 aromatic heterocycles. The topological polar surface area (TPSA) is 23.5 Å². The van der Waals surface area contributed by atoms with Crippen LogP contribution in [0.2, 0.25) is 0 Å². The van der Waals surface area contributed by atoms with Crippen LogP contribution in [0.4, 0.5) is 0 Å². The Bertz CT molecular complexity index is 559. The molecular formula is C18H23NOS2. The fourth-order valence-electron chi connectivity index (χ4n) is 4.46. The molecule has 4 heterocycles. The number of hydrogen-bond donors (Lipinski definition) is 1. The Kier molecular flexibility index (Phi) is 3.89. The molecule has 2 aliphatic rings. The first-order chi connectivity index (χ1) is 10.7. The summed E-state index contributed by atoms with van der Waals surface area (Å²) in [4.78, 5) is 4.77. The van der Waals surface area contributed by atoms with Crippen molar-refractivity contribution in [3.05, 3.63) is 44.8 Å². The molecule has 2 aromatic rings. The summed E-state index contributed by atoms with van der Waals surface area (Å²) in [6, 6.07) is 9.76. The summed E-state index contributed by atoms with van der Waals surface area (Å²) in [7, 11) is 2.28. The van der Waals surface area contributed by atoms with E-state index >= 15 is 0 Å². The van der Waals surface area contributed by atoms with Crippen LogP contribution in [0, 0.1) is 5.92 Å². The van der Waals surface area contributed by atoms with E-state index < -0.39 is 5.60 Å². The number of fused-ring (bicyclic) bond motifs is 2. The molecule has 22 heavy (non-hydrogen) atoms. The van der Waals surface area contributed by atoms with Crippen molar-refractivity contribution in [3.63, 3.8) is 0 Å². The van der Waals surface area contributed by atoms with Gasteiger partial charge in [0, 0.05) is 21.8 Å². The normalized spacial score (nSPS) is 29.1. The summed E-state index contributed by atoms with van der Waals surface area (Å²) in [6.07, 6.45) is 6.04. The fraction of sp³-hybridized carbons (Fsp3) is 0.556. The van der Waals surface area contributed by atoms with Crippen LogP contribution in [-0.4, -0.2) is 29.1 Å². The minimum atomic E-state index is -0.789. The third kappa shape index (κ3) is 2.46. The van der Waals surface area contributed by atoms with E-state index in [1.807, 2.05) is 0 Å². The molecule has 2 aliphatic heterocycles. The highest BCUT2D eigenvalue weighted by atomic mass is 32.1. The monoisotopic (exact) mass is 333 g/mol. The molecule has 0 aromatic carbocycles. The average Bonchev–Trinajstić information content (AvgIpc) is 3.22. The Morgan fingerprint density at radius 3 is 2.09 bits per heavy atom. The molecule has 0 spiro atoms. The van der Waals surface area contributed by atoms with Gasteiger partial charge in [-0.05, 0) is 68.0 Å². The smallest absolute Gasteiger partial charge is 0.133 e. The molecular weight excluding hydrogens is 310 g/mol. The van der Waals surface area contributed by atoms with Crippen molar-refractivity contribution in [2.75, 3.05) is 7.05 Å². The van der Waals surface area contributed by atoms with Gasteiger partial charge in [0.1, 0.15) is 5.60 Å². The molecule has 2 saturated heterocycles. The highest BCUT2D eigenvalue weighted by Crippen LogP contribution is 2.46. The Morgan fingerprint density at radius 2 is 1.64 bits per heavy atom. The number of hydrogen-bond acceptors (Lipinski definition) is 4. The zero-order valence-electron chi connectivity index (χ0n) is 12.9. The quantitative estimate of drug-likeness (QED) is 0.901. The Labute approximate surface area is 140 Å². The molecule has 2 bridgehead atoms. The van der Waals surface area contributed by atoms with Crippen molar-refractivity contribution in [2.24, 2.45) is 5.92 Å². The number of aliphatic hydroxyl groups is 1. The molecule has 2 atom stereocenters. The fourth-order valence-corrected chi connectivity index (χ4v) is 6.22. The second kappa shape index (κ2) is 5.75. The number of piperidine rings is 1. The number of rotatable bonds is 4. The van der Waals surface area contributed by atoms with Gasteiger partial charge in [-0.1, -0.05) is 12.1 Å². The van der Waals surface area contributed by atoms with Gasteiger partial charge in [0.15, 0.2) is 0 Å². The molecule has 0 saturated carbocycles. The van der Waals surface area contributed by atoms with Gasteiger partial charge in [0.25, 0.3) is 0 Å². The molecule has 2 nitrogen and oxygen atoms in total. The molecule has 118 valence electrons. The third-order valence-electron chi connectivity index (χ3n) is 5.64. The first kappa shape index (κ1) is 14.9. The summed E-state index contributed by atoms with van der Waals surface area (Å²) in [5.74, 6) is 0.628. The van der Waals surface area contributed by atoms with E-state index in [0.717, 1.165) is 28.3 Å². The van der Waals surface area contributed by atoms with Crippen LogP contribution in [-0.2, 0) is 5.60 Å². The van der Waals surface area contributed by atoms with Crippen LogP contribution in [0.5, 0.6) is 0 Å². The lowest BCUT2D eigenvalue weighted by Gasteiger charge is -2.39. The van der Waals surface area contributed by atoms with Gasteiger partial charge in [0.05, 0.1) is 0 Å². The largest absolute Gasteiger partial charge is 0.379 e. The van der Waals surface area contributed by atoms with Gasteiger partial charge < -0.3 is 10.0 Å². The van der Waals surface area contributed by atoms with E-state index in [9.17, 15) is 5.11 Å². The minimum absolute atomic E-state index is 0.628. The zero-order chi connectivity index (χ0) is 15.2. The van der Waals surface area contributed by atoms with Crippen LogP contribution < -0.4 is 0 Å². The molecule has 1 N–H and O–H groups in total. The molecule has 4 heteroatoms. The third-order valence-corrected chi connectivity index (χ3v) is 7.68. The van der Waals surface area contributed by atoms with E-state index in [0.29, 0.717) is 5.92 Å². The predicted molar refractivity (Wildman–Crippen MR) is 93.6 cm³/mol. The lowest BCUT2D eigenvalue weighted by Crippen LogP contribution is -2.42. The van der Waals surface area contributed by atoms with E-state index in [4.69, 9.17) is 0 Å². The van der Waals surface area contributed by atoms with Crippen molar-refractivity contribution in [1.29, 1.82) is 0 Å². The summed E-state index contributed by atoms with van der Waals surface area (Å²) in [6.45, 7) is 0. The van der Waals surface area contributed by atoms with Crippen LogP contribution in [0.25, 0.3) is 0 Å². The molecule has 0 aliphatic carbocycles. The Morgan fingerprint density at radius 1 is 1.09 bits per heavy atom. The summed E-state index contributed by atoms with van der Waals surface area (Å²) in [5.41, 5.74) is -0.789. The Balaban J connectivity index is 1.60. The van der Waals surface area contributed by atoms with Crippen molar-refractivity contribution in [2.45, 2.75) is 49.8 Å². The molecule has 4 rings (SSSR count). The van der Waals surface area contributed by atoms with Gasteiger partial charge in [-0.3, -0.25) is 0 Å². The van der Waals surface area contributed by atoms with Crippen LogP contribution >= 0.6 is 22.7 Å². The van der Waals surface area contributed by atoms with E-state index in [1.54, 1.807) is 22.7 Å². The van der Waals surface area contributed by atoms with Crippen LogP contribution in [0.3, 0.4) is 0 Å². The predicted octanol–water partition coefficient (Wildman–Crippen LogP) is 4.31. The van der Waals surface area contributed by atoms with Crippen molar-refractivity contribution in [1.82, 2.24) is 4.90 Å². The van der Waals surface area contributed by atoms with Crippen LogP contribution in [0.15, 0.2) is 35.0 Å². The lowest BCUT2D eigenvalue weighted by atomic mass is 9.80. The molecule has 0 amide bonds. The average molecular weight is 334 g/mol. The molecule has 0 radical (unpaired) electrons. The van der Waals surface area contributed by atoms with Gasteiger partial charge in [-0.2, -0.15) is 0 Å². The van der Waals surface area contributed by atoms with Gasteiger partial charge in [-0.15, -0.1) is 22.7 Å². The maximum absolute atomic E-state index is 11.6. The summed E-state index contributed by atoms with van der Waals surface area (Å²) < 4.78 is 0. The first-order valence-corrected chi connectivity index (χ1v) is 9.95. The van der Waals surface area contributed by atoms with Gasteiger partial charge >= 0.3 is 0 Å². The van der Waals surface area contributed by atoms with Gasteiger partial charge in [-0.25, -0.2) is 0 Å². The summed E-state index contributed by atoms with van der Waals surface area (Å²) in [5, 5.41) is 15.7. The lowest BCUT2D eigenvalue weighted by molar-refractivity contribution is 0.0321. The maximum Gasteiger partial charge on any atom is 0.133 e. The molecule has 2 fully saturated rings. The Hall–Kier alpha value is -0.680. The highest BCUT2D eigenvalue weighted by molar-refractivity contribution is 7.11. The van der Waals surface area contributed by atoms with E-state index in [2.05, 4.69) is 47.0 Å². The SMILES string of the molecule is CN1C2CCC1CC(CC(O)(c1cccs1)c1cccs1)C2. The number of thiophene rings is 2. The van der Waals surface area contributed by atoms with Crippen LogP contribution in [0.1, 0.15) is 41.9 Å². The minimum Gasteiger partial charge on any atom is -0.379 e. The standard InChI is InChI=1S/C18H23NOS2/c1-19-14-6-7-15(19)11-13(10-14)12-18(20,16-4-2-8-21-16)17-5-3-9-22-17/h2-5,8-9,13-15,20H,6-7,10-12H2,1H3.